The first-order valence-electron chi connectivity index (χ1n) is 7.31. The SMILES string of the molecule is COc1ccc(CN(C)CC(C)(C)C)cc1C#CCCO. The second kappa shape index (κ2) is 8.07. The zero-order valence-corrected chi connectivity index (χ0v) is 13.9. The molecule has 116 valence electrons. The summed E-state index contributed by atoms with van der Waals surface area (Å²) in [6.45, 7) is 8.72. The maximum absolute atomic E-state index is 8.81. The van der Waals surface area contributed by atoms with Crippen molar-refractivity contribution in [3.63, 3.8) is 0 Å². The topological polar surface area (TPSA) is 32.7 Å². The smallest absolute Gasteiger partial charge is 0.134 e. The summed E-state index contributed by atoms with van der Waals surface area (Å²) in [6.07, 6.45) is 0.483. The van der Waals surface area contributed by atoms with E-state index in [2.05, 4.69) is 56.7 Å². The van der Waals surface area contributed by atoms with E-state index in [-0.39, 0.29) is 12.0 Å². The van der Waals surface area contributed by atoms with Crippen molar-refractivity contribution in [2.24, 2.45) is 5.41 Å². The highest BCUT2D eigenvalue weighted by molar-refractivity contribution is 5.48. The van der Waals surface area contributed by atoms with E-state index >= 15 is 0 Å². The fraction of sp³-hybridized carbons (Fsp3) is 0.556. The fourth-order valence-electron chi connectivity index (χ4n) is 2.34. The molecule has 3 nitrogen and oxygen atoms in total. The molecule has 1 rings (SSSR count). The Labute approximate surface area is 128 Å². The number of methoxy groups -OCH3 is 1. The van der Waals surface area contributed by atoms with Gasteiger partial charge in [-0.05, 0) is 30.2 Å². The molecule has 0 unspecified atom stereocenters. The molecule has 0 radical (unpaired) electrons. The number of rotatable bonds is 5. The Morgan fingerprint density at radius 1 is 1.29 bits per heavy atom. The van der Waals surface area contributed by atoms with Crippen LogP contribution in [-0.2, 0) is 6.54 Å². The quantitative estimate of drug-likeness (QED) is 0.846. The van der Waals surface area contributed by atoms with Crippen molar-refractivity contribution in [2.75, 3.05) is 27.3 Å². The lowest BCUT2D eigenvalue weighted by Gasteiger charge is -2.26. The first-order valence-corrected chi connectivity index (χ1v) is 7.31. The minimum absolute atomic E-state index is 0.0866. The second-order valence-corrected chi connectivity index (χ2v) is 6.54. The van der Waals surface area contributed by atoms with Gasteiger partial charge < -0.3 is 14.7 Å². The number of aliphatic hydroxyl groups is 1. The van der Waals surface area contributed by atoms with E-state index in [4.69, 9.17) is 9.84 Å². The zero-order chi connectivity index (χ0) is 15.9. The summed E-state index contributed by atoms with van der Waals surface area (Å²) in [7, 11) is 3.78. The minimum atomic E-state index is 0.0866. The number of hydrogen-bond acceptors (Lipinski definition) is 3. The monoisotopic (exact) mass is 289 g/mol. The van der Waals surface area contributed by atoms with Gasteiger partial charge in [-0.15, -0.1) is 0 Å². The summed E-state index contributed by atoms with van der Waals surface area (Å²) in [5.74, 6) is 6.80. The van der Waals surface area contributed by atoms with Crippen molar-refractivity contribution in [2.45, 2.75) is 33.7 Å². The molecule has 0 amide bonds. The Bertz CT molecular complexity index is 506. The molecule has 0 atom stereocenters. The van der Waals surface area contributed by atoms with Crippen LogP contribution in [0, 0.1) is 17.3 Å². The lowest BCUT2D eigenvalue weighted by Crippen LogP contribution is -2.28. The third-order valence-corrected chi connectivity index (χ3v) is 2.92. The molecule has 1 aromatic rings. The summed E-state index contributed by atoms with van der Waals surface area (Å²) < 4.78 is 5.34. The summed E-state index contributed by atoms with van der Waals surface area (Å²) in [5.41, 5.74) is 2.38. The van der Waals surface area contributed by atoms with Gasteiger partial charge in [0.1, 0.15) is 5.75 Å². The normalized spacial score (nSPS) is 11.2. The van der Waals surface area contributed by atoms with E-state index in [1.165, 1.54) is 5.56 Å². The van der Waals surface area contributed by atoms with Crippen molar-refractivity contribution in [3.8, 4) is 17.6 Å². The zero-order valence-electron chi connectivity index (χ0n) is 13.9. The average molecular weight is 289 g/mol. The van der Waals surface area contributed by atoms with E-state index < -0.39 is 0 Å². The summed E-state index contributed by atoms with van der Waals surface area (Å²) in [6, 6.07) is 6.11. The van der Waals surface area contributed by atoms with Crippen LogP contribution in [0.1, 0.15) is 38.3 Å². The third-order valence-electron chi connectivity index (χ3n) is 2.92. The van der Waals surface area contributed by atoms with Gasteiger partial charge in [-0.2, -0.15) is 0 Å². The molecule has 0 aliphatic rings. The molecular weight excluding hydrogens is 262 g/mol. The molecule has 0 aromatic heterocycles. The third kappa shape index (κ3) is 6.66. The average Bonchev–Trinajstić information content (AvgIpc) is 2.37. The molecule has 0 aliphatic heterocycles. The first-order chi connectivity index (χ1) is 9.85. The van der Waals surface area contributed by atoms with E-state index in [9.17, 15) is 0 Å². The Morgan fingerprint density at radius 3 is 2.57 bits per heavy atom. The Morgan fingerprint density at radius 2 is 2.00 bits per heavy atom. The number of benzene rings is 1. The maximum atomic E-state index is 8.81. The molecule has 0 spiro atoms. The summed E-state index contributed by atoms with van der Waals surface area (Å²) in [5, 5.41) is 8.81. The van der Waals surface area contributed by atoms with Crippen LogP contribution >= 0.6 is 0 Å². The van der Waals surface area contributed by atoms with Gasteiger partial charge in [-0.25, -0.2) is 0 Å². The van der Waals surface area contributed by atoms with Crippen LogP contribution < -0.4 is 4.74 Å². The molecule has 0 saturated heterocycles. The number of ether oxygens (including phenoxy) is 1. The highest BCUT2D eigenvalue weighted by Crippen LogP contribution is 2.21. The number of hydrogen-bond donors (Lipinski definition) is 1. The summed E-state index contributed by atoms with van der Waals surface area (Å²) >= 11 is 0. The summed E-state index contributed by atoms with van der Waals surface area (Å²) in [4.78, 5) is 2.31. The van der Waals surface area contributed by atoms with Crippen molar-refractivity contribution in [1.29, 1.82) is 0 Å². The van der Waals surface area contributed by atoms with Crippen LogP contribution in [0.5, 0.6) is 5.75 Å². The van der Waals surface area contributed by atoms with Crippen LogP contribution in [0.25, 0.3) is 0 Å². The molecule has 1 aromatic carbocycles. The van der Waals surface area contributed by atoms with E-state index in [1.807, 2.05) is 6.07 Å². The predicted octanol–water partition coefficient (Wildman–Crippen LogP) is 2.91. The Hall–Kier alpha value is -1.50. The van der Waals surface area contributed by atoms with Gasteiger partial charge in [0, 0.05) is 19.5 Å². The fourth-order valence-corrected chi connectivity index (χ4v) is 2.34. The lowest BCUT2D eigenvalue weighted by molar-refractivity contribution is 0.221. The van der Waals surface area contributed by atoms with E-state index in [0.717, 1.165) is 24.4 Å². The van der Waals surface area contributed by atoms with Gasteiger partial charge >= 0.3 is 0 Å². The Balaban J connectivity index is 2.85. The van der Waals surface area contributed by atoms with Crippen LogP contribution in [0.4, 0.5) is 0 Å². The van der Waals surface area contributed by atoms with Crippen LogP contribution in [0.15, 0.2) is 18.2 Å². The Kier molecular flexibility index (Phi) is 6.74. The van der Waals surface area contributed by atoms with Gasteiger partial charge in [-0.3, -0.25) is 0 Å². The highest BCUT2D eigenvalue weighted by Gasteiger charge is 2.14. The number of aliphatic hydroxyl groups excluding tert-OH is 1. The molecule has 0 bridgehead atoms. The second-order valence-electron chi connectivity index (χ2n) is 6.54. The minimum Gasteiger partial charge on any atom is -0.495 e. The molecule has 0 heterocycles. The van der Waals surface area contributed by atoms with Crippen LogP contribution in [0.2, 0.25) is 0 Å². The van der Waals surface area contributed by atoms with Crippen LogP contribution in [-0.4, -0.2) is 37.3 Å². The highest BCUT2D eigenvalue weighted by atomic mass is 16.5. The molecular formula is C18H27NO2. The predicted molar refractivity (Wildman–Crippen MR) is 87.4 cm³/mol. The van der Waals surface area contributed by atoms with Gasteiger partial charge in [0.2, 0.25) is 0 Å². The number of nitrogens with zero attached hydrogens (tertiary/aromatic N) is 1. The van der Waals surface area contributed by atoms with E-state index in [1.54, 1.807) is 7.11 Å². The standard InChI is InChI=1S/C18H27NO2/c1-18(2,3)14-19(4)13-15-9-10-17(21-5)16(12-15)8-6-7-11-20/h9-10,12,20H,7,11,13-14H2,1-5H3. The van der Waals surface area contributed by atoms with Crippen molar-refractivity contribution < 1.29 is 9.84 Å². The lowest BCUT2D eigenvalue weighted by atomic mass is 9.96. The molecule has 1 N–H and O–H groups in total. The molecule has 3 heteroatoms. The van der Waals surface area contributed by atoms with Gasteiger partial charge in [-0.1, -0.05) is 38.7 Å². The van der Waals surface area contributed by atoms with Crippen molar-refractivity contribution >= 4 is 0 Å². The van der Waals surface area contributed by atoms with Gasteiger partial charge in [0.25, 0.3) is 0 Å². The van der Waals surface area contributed by atoms with E-state index in [0.29, 0.717) is 6.42 Å². The van der Waals surface area contributed by atoms with Gasteiger partial charge in [0.05, 0.1) is 19.3 Å². The van der Waals surface area contributed by atoms with Crippen molar-refractivity contribution in [3.05, 3.63) is 29.3 Å². The molecule has 21 heavy (non-hydrogen) atoms. The van der Waals surface area contributed by atoms with Crippen LogP contribution in [0.3, 0.4) is 0 Å². The largest absolute Gasteiger partial charge is 0.495 e. The maximum Gasteiger partial charge on any atom is 0.134 e. The molecule has 0 aliphatic carbocycles. The molecule has 0 fully saturated rings. The molecule has 0 saturated carbocycles. The first kappa shape index (κ1) is 17.6. The van der Waals surface area contributed by atoms with Crippen molar-refractivity contribution in [1.82, 2.24) is 4.90 Å². The van der Waals surface area contributed by atoms with Gasteiger partial charge in [0.15, 0.2) is 0 Å².